The number of halogens is 2. The number of aromatic nitrogens is 2. The number of aryl methyl sites for hydroxylation is 1. The van der Waals surface area contributed by atoms with Gasteiger partial charge in [0.05, 0.1) is 11.0 Å². The molecule has 0 amide bonds. The van der Waals surface area contributed by atoms with Gasteiger partial charge < -0.3 is 4.57 Å². The number of imidazole rings is 1. The molecule has 0 saturated heterocycles. The molecule has 0 unspecified atom stereocenters. The van der Waals surface area contributed by atoms with Gasteiger partial charge in [-0.1, -0.05) is 67.6 Å². The first-order valence-corrected chi connectivity index (χ1v) is 9.98. The van der Waals surface area contributed by atoms with Gasteiger partial charge in [0.15, 0.2) is 5.82 Å². The number of hydrogen-bond acceptors (Lipinski definition) is 2. The zero-order valence-corrected chi connectivity index (χ0v) is 16.8. The molecule has 0 N–H and O–H groups in total. The lowest BCUT2D eigenvalue weighted by Gasteiger charge is -2.07. The van der Waals surface area contributed by atoms with E-state index in [4.69, 9.17) is 23.2 Å². The summed E-state index contributed by atoms with van der Waals surface area (Å²) in [6, 6.07) is 13.1. The van der Waals surface area contributed by atoms with Crippen molar-refractivity contribution in [3.63, 3.8) is 0 Å². The van der Waals surface area contributed by atoms with Crippen molar-refractivity contribution in [2.24, 2.45) is 0 Å². The van der Waals surface area contributed by atoms with Crippen LogP contribution in [-0.2, 0) is 6.54 Å². The van der Waals surface area contributed by atoms with Crippen LogP contribution >= 0.6 is 23.2 Å². The number of carbonyl (C=O) groups is 1. The second-order valence-electron chi connectivity index (χ2n) is 6.50. The first kappa shape index (κ1) is 19.7. The topological polar surface area (TPSA) is 34.9 Å². The highest BCUT2D eigenvalue weighted by Gasteiger charge is 2.15. The maximum atomic E-state index is 12.8. The summed E-state index contributed by atoms with van der Waals surface area (Å²) in [5, 5.41) is 1.08. The van der Waals surface area contributed by atoms with E-state index >= 15 is 0 Å². The molecule has 0 aliphatic rings. The molecular formula is C22H22Cl2N2O. The Labute approximate surface area is 169 Å². The van der Waals surface area contributed by atoms with Crippen LogP contribution in [0.1, 0.15) is 48.8 Å². The summed E-state index contributed by atoms with van der Waals surface area (Å²) in [5.41, 5.74) is 2.59. The van der Waals surface area contributed by atoms with E-state index in [9.17, 15) is 4.79 Å². The Kier molecular flexibility index (Phi) is 6.70. The molecule has 140 valence electrons. The van der Waals surface area contributed by atoms with Crippen LogP contribution in [-0.4, -0.2) is 15.3 Å². The third-order valence-electron chi connectivity index (χ3n) is 4.49. The normalized spacial score (nSPS) is 11.5. The van der Waals surface area contributed by atoms with Crippen molar-refractivity contribution in [2.75, 3.05) is 0 Å². The predicted octanol–water partition coefficient (Wildman–Crippen LogP) is 6.82. The number of unbranched alkanes of at least 4 members (excludes halogenated alkanes) is 3. The Morgan fingerprint density at radius 1 is 1.11 bits per heavy atom. The molecule has 27 heavy (non-hydrogen) atoms. The smallest absolute Gasteiger partial charge is 0.221 e. The molecule has 0 spiro atoms. The molecule has 0 bridgehead atoms. The van der Waals surface area contributed by atoms with Gasteiger partial charge in [-0.2, -0.15) is 0 Å². The molecular weight excluding hydrogens is 379 g/mol. The summed E-state index contributed by atoms with van der Waals surface area (Å²) in [6.45, 7) is 2.98. The Bertz CT molecular complexity index is 976. The number of rotatable bonds is 8. The molecule has 0 saturated carbocycles. The number of carbonyl (C=O) groups excluding carboxylic acids is 1. The van der Waals surface area contributed by atoms with Crippen molar-refractivity contribution >= 4 is 46.1 Å². The van der Waals surface area contributed by atoms with Crippen molar-refractivity contribution in [1.29, 1.82) is 0 Å². The number of benzene rings is 2. The van der Waals surface area contributed by atoms with Crippen LogP contribution in [0.2, 0.25) is 10.0 Å². The van der Waals surface area contributed by atoms with Crippen molar-refractivity contribution in [1.82, 2.24) is 9.55 Å². The van der Waals surface area contributed by atoms with Crippen molar-refractivity contribution < 1.29 is 4.79 Å². The first-order chi connectivity index (χ1) is 13.1. The zero-order valence-electron chi connectivity index (χ0n) is 15.3. The van der Waals surface area contributed by atoms with E-state index in [1.807, 2.05) is 28.8 Å². The van der Waals surface area contributed by atoms with Crippen LogP contribution in [0.3, 0.4) is 0 Å². The van der Waals surface area contributed by atoms with E-state index in [1.165, 1.54) is 18.9 Å². The molecule has 5 heteroatoms. The average Bonchev–Trinajstić information content (AvgIpc) is 3.03. The molecule has 0 fully saturated rings. The summed E-state index contributed by atoms with van der Waals surface area (Å²) in [7, 11) is 0. The quantitative estimate of drug-likeness (QED) is 0.236. The number of hydrogen-bond donors (Lipinski definition) is 0. The number of nitrogens with zero attached hydrogens (tertiary/aromatic N) is 2. The average molecular weight is 401 g/mol. The summed E-state index contributed by atoms with van der Waals surface area (Å²) >= 11 is 12.1. The van der Waals surface area contributed by atoms with Crippen LogP contribution in [0.4, 0.5) is 0 Å². The Balaban J connectivity index is 1.87. The van der Waals surface area contributed by atoms with Gasteiger partial charge in [-0.25, -0.2) is 4.98 Å². The summed E-state index contributed by atoms with van der Waals surface area (Å²) < 4.78 is 2.03. The van der Waals surface area contributed by atoms with Gasteiger partial charge in [0.2, 0.25) is 5.78 Å². The zero-order chi connectivity index (χ0) is 19.2. The van der Waals surface area contributed by atoms with Gasteiger partial charge in [-0.05, 0) is 48.4 Å². The third-order valence-corrected chi connectivity index (χ3v) is 5.05. The second-order valence-corrected chi connectivity index (χ2v) is 7.34. The van der Waals surface area contributed by atoms with Crippen LogP contribution in [0, 0.1) is 0 Å². The van der Waals surface area contributed by atoms with Crippen LogP contribution in [0.15, 0.2) is 48.5 Å². The number of allylic oxidation sites excluding steroid dienone is 1. The highest BCUT2D eigenvalue weighted by Crippen LogP contribution is 2.23. The molecule has 1 heterocycles. The number of para-hydroxylation sites is 2. The minimum absolute atomic E-state index is 0.132. The minimum Gasteiger partial charge on any atom is -0.321 e. The lowest BCUT2D eigenvalue weighted by atomic mass is 10.2. The van der Waals surface area contributed by atoms with E-state index in [2.05, 4.69) is 11.9 Å². The highest BCUT2D eigenvalue weighted by atomic mass is 35.5. The third kappa shape index (κ3) is 4.79. The molecule has 0 aliphatic carbocycles. The Hall–Kier alpha value is -2.10. The van der Waals surface area contributed by atoms with E-state index in [0.717, 1.165) is 36.0 Å². The van der Waals surface area contributed by atoms with Gasteiger partial charge in [0.1, 0.15) is 0 Å². The van der Waals surface area contributed by atoms with E-state index < -0.39 is 0 Å². The fraction of sp³-hybridized carbons (Fsp3) is 0.273. The van der Waals surface area contributed by atoms with E-state index in [0.29, 0.717) is 15.9 Å². The van der Waals surface area contributed by atoms with E-state index in [1.54, 1.807) is 24.3 Å². The standard InChI is InChI=1S/C22H22Cl2N2O/c1-2-3-4-7-14-26-20-9-6-5-8-19(20)25-22(26)21(27)13-11-16-10-12-17(23)15-18(16)24/h5-6,8-13,15H,2-4,7,14H2,1H3/b13-11+. The molecule has 3 aromatic rings. The Morgan fingerprint density at radius 2 is 1.93 bits per heavy atom. The fourth-order valence-electron chi connectivity index (χ4n) is 3.06. The van der Waals surface area contributed by atoms with Crippen LogP contribution in [0.5, 0.6) is 0 Å². The second kappa shape index (κ2) is 9.20. The maximum absolute atomic E-state index is 12.8. The SMILES string of the molecule is CCCCCCn1c(C(=O)/C=C/c2ccc(Cl)cc2Cl)nc2ccccc21. The molecule has 3 rings (SSSR count). The highest BCUT2D eigenvalue weighted by molar-refractivity contribution is 6.35. The van der Waals surface area contributed by atoms with Gasteiger partial charge in [0, 0.05) is 16.6 Å². The number of fused-ring (bicyclic) bond motifs is 1. The maximum Gasteiger partial charge on any atom is 0.221 e. The van der Waals surface area contributed by atoms with E-state index in [-0.39, 0.29) is 5.78 Å². The van der Waals surface area contributed by atoms with Crippen molar-refractivity contribution in [3.8, 4) is 0 Å². The van der Waals surface area contributed by atoms with Crippen LogP contribution in [0.25, 0.3) is 17.1 Å². The summed E-state index contributed by atoms with van der Waals surface area (Å²) in [4.78, 5) is 17.4. The minimum atomic E-state index is -0.132. The monoisotopic (exact) mass is 400 g/mol. The molecule has 2 aromatic carbocycles. The first-order valence-electron chi connectivity index (χ1n) is 9.23. The molecule has 1 aromatic heterocycles. The lowest BCUT2D eigenvalue weighted by Crippen LogP contribution is -2.09. The van der Waals surface area contributed by atoms with Crippen LogP contribution < -0.4 is 0 Å². The molecule has 0 radical (unpaired) electrons. The molecule has 0 atom stereocenters. The largest absolute Gasteiger partial charge is 0.321 e. The van der Waals surface area contributed by atoms with Gasteiger partial charge >= 0.3 is 0 Å². The van der Waals surface area contributed by atoms with Crippen molar-refractivity contribution in [2.45, 2.75) is 39.2 Å². The van der Waals surface area contributed by atoms with Crippen molar-refractivity contribution in [3.05, 3.63) is 70.0 Å². The van der Waals surface area contributed by atoms with Gasteiger partial charge in [-0.15, -0.1) is 0 Å². The van der Waals surface area contributed by atoms with Gasteiger partial charge in [0.25, 0.3) is 0 Å². The predicted molar refractivity (Wildman–Crippen MR) is 114 cm³/mol. The Morgan fingerprint density at radius 3 is 2.70 bits per heavy atom. The van der Waals surface area contributed by atoms with Gasteiger partial charge in [-0.3, -0.25) is 4.79 Å². The molecule has 0 aliphatic heterocycles. The summed E-state index contributed by atoms with van der Waals surface area (Å²) in [6.07, 6.45) is 7.79. The fourth-order valence-corrected chi connectivity index (χ4v) is 3.53. The number of ketones is 1. The lowest BCUT2D eigenvalue weighted by molar-refractivity contribution is 0.103. The molecule has 3 nitrogen and oxygen atoms in total. The summed E-state index contributed by atoms with van der Waals surface area (Å²) in [5.74, 6) is 0.335.